The third-order valence-corrected chi connectivity index (χ3v) is 10.3. The van der Waals surface area contributed by atoms with Crippen LogP contribution in [-0.4, -0.2) is 128 Å². The van der Waals surface area contributed by atoms with Gasteiger partial charge >= 0.3 is 18.1 Å². The molecule has 1 fully saturated rings. The van der Waals surface area contributed by atoms with Crippen LogP contribution in [0.25, 0.3) is 10.9 Å². The summed E-state index contributed by atoms with van der Waals surface area (Å²) in [5.41, 5.74) is 0.658. The quantitative estimate of drug-likeness (QED) is 0.0475. The molecule has 0 radical (unpaired) electrons. The third kappa shape index (κ3) is 15.9. The van der Waals surface area contributed by atoms with Crippen LogP contribution in [0.5, 0.6) is 0 Å². The second kappa shape index (κ2) is 24.1. The summed E-state index contributed by atoms with van der Waals surface area (Å²) in [7, 11) is 1.25. The Morgan fingerprint density at radius 3 is 2.13 bits per heavy atom. The van der Waals surface area contributed by atoms with Gasteiger partial charge in [0.15, 0.2) is 0 Å². The highest BCUT2D eigenvalue weighted by molar-refractivity contribution is 5.95. The van der Waals surface area contributed by atoms with Crippen molar-refractivity contribution in [3.8, 4) is 0 Å². The van der Waals surface area contributed by atoms with E-state index in [1.165, 1.54) is 11.7 Å². The minimum Gasteiger partial charge on any atom is -0.464 e. The van der Waals surface area contributed by atoms with Gasteiger partial charge in [0.25, 0.3) is 0 Å². The second-order valence-corrected chi connectivity index (χ2v) is 16.5. The van der Waals surface area contributed by atoms with Gasteiger partial charge in [0.05, 0.1) is 30.0 Å². The van der Waals surface area contributed by atoms with Crippen molar-refractivity contribution in [3.63, 3.8) is 0 Å². The first-order chi connectivity index (χ1) is 28.3. The molecule has 3 rings (SSSR count). The predicted molar refractivity (Wildman–Crippen MR) is 214 cm³/mol. The number of nitrogens with one attached hydrogen (secondary N) is 3. The molecule has 7 N–H and O–H groups in total. The number of para-hydroxylation sites is 1. The third-order valence-electron chi connectivity index (χ3n) is 10.3. The van der Waals surface area contributed by atoms with Crippen molar-refractivity contribution in [2.75, 3.05) is 20.3 Å². The zero-order valence-corrected chi connectivity index (χ0v) is 35.8. The largest absolute Gasteiger partial charge is 0.464 e. The van der Waals surface area contributed by atoms with Crippen molar-refractivity contribution < 1.29 is 64.0 Å². The molecular formula is C40H65N7O13. The van der Waals surface area contributed by atoms with Gasteiger partial charge in [-0.25, -0.2) is 24.1 Å². The van der Waals surface area contributed by atoms with Crippen molar-refractivity contribution in [3.05, 3.63) is 36.0 Å². The van der Waals surface area contributed by atoms with Gasteiger partial charge in [-0.2, -0.15) is 0 Å². The first-order valence-corrected chi connectivity index (χ1v) is 20.5. The van der Waals surface area contributed by atoms with Gasteiger partial charge in [0, 0.05) is 30.1 Å². The van der Waals surface area contributed by atoms with E-state index in [0.29, 0.717) is 35.7 Å². The number of carbonyl (C=O) groups is 5. The number of urea groups is 1. The van der Waals surface area contributed by atoms with E-state index < -0.39 is 70.9 Å². The van der Waals surface area contributed by atoms with E-state index in [-0.39, 0.29) is 56.8 Å². The van der Waals surface area contributed by atoms with E-state index in [1.807, 2.05) is 41.5 Å². The van der Waals surface area contributed by atoms with Crippen LogP contribution in [0.3, 0.4) is 0 Å². The molecule has 1 aliphatic heterocycles. The molecule has 60 heavy (non-hydrogen) atoms. The summed E-state index contributed by atoms with van der Waals surface area (Å²) in [5, 5.41) is 43.8. The summed E-state index contributed by atoms with van der Waals surface area (Å²) in [6, 6.07) is 3.23. The fraction of sp³-hybridized carbons (Fsp3) is 0.675. The summed E-state index contributed by atoms with van der Waals surface area (Å²) >= 11 is 0. The molecule has 1 aromatic carbocycles. The maximum absolute atomic E-state index is 14.4. The van der Waals surface area contributed by atoms with Crippen LogP contribution in [0, 0.1) is 5.41 Å². The molecule has 4 amide bonds. The molecule has 338 valence electrons. The summed E-state index contributed by atoms with van der Waals surface area (Å²) in [4.78, 5) is 79.7. The number of hydrogen-bond acceptors (Lipinski definition) is 15. The molecule has 1 aromatic heterocycles. The van der Waals surface area contributed by atoms with Crippen LogP contribution in [-0.2, 0) is 40.0 Å². The maximum Gasteiger partial charge on any atom is 0.418 e. The minimum absolute atomic E-state index is 0.0261. The monoisotopic (exact) mass is 851 g/mol. The highest BCUT2D eigenvalue weighted by Crippen LogP contribution is 2.26. The Bertz CT molecular complexity index is 1690. The fourth-order valence-electron chi connectivity index (χ4n) is 7.36. The number of rotatable bonds is 22. The van der Waals surface area contributed by atoms with E-state index >= 15 is 0 Å². The first kappa shape index (κ1) is 49.9. The number of piperidine rings is 1. The summed E-state index contributed by atoms with van der Waals surface area (Å²) in [5.74, 6) is -1.99. The summed E-state index contributed by atoms with van der Waals surface area (Å²) in [6.07, 6.45) is 4.96. The van der Waals surface area contributed by atoms with Crippen LogP contribution in [0.4, 0.5) is 9.59 Å². The summed E-state index contributed by atoms with van der Waals surface area (Å²) < 4.78 is 11.8. The van der Waals surface area contributed by atoms with Gasteiger partial charge in [-0.15, -0.1) is 0 Å². The standard InChI is InChI=1S/C40H65N7O13/c1-8-9-19-31(37(50)58-21-13-12-17-29(60-47(55)56)25-59-46(53)54)41-35(48)32(22-28-24-44(39(52)57-7)34-20-11-10-18-30(28)34)42-36(49)33(23-40(4,5)6)43-38(51)45-26(2)15-14-16-27(45)3/h10-11,18,20,24,26-27,29,31-33,53-56H,8-9,12-17,19,21-23,25H2,1-7H3,(H,41,48)(H,42,49)(H,43,51)/t26?,27?,29?,31-,32?,33?/m1/s1. The molecule has 0 saturated carbocycles. The van der Waals surface area contributed by atoms with Gasteiger partial charge in [-0.1, -0.05) is 58.7 Å². The van der Waals surface area contributed by atoms with Crippen molar-refractivity contribution in [1.29, 1.82) is 0 Å². The number of esters is 1. The number of carbonyl (C=O) groups excluding carboxylic acids is 5. The Morgan fingerprint density at radius 1 is 0.867 bits per heavy atom. The smallest absolute Gasteiger partial charge is 0.418 e. The number of ether oxygens (including phenoxy) is 2. The van der Waals surface area contributed by atoms with E-state index in [9.17, 15) is 24.0 Å². The Morgan fingerprint density at radius 2 is 1.52 bits per heavy atom. The van der Waals surface area contributed by atoms with E-state index in [1.54, 1.807) is 35.4 Å². The second-order valence-electron chi connectivity index (χ2n) is 16.5. The molecule has 1 aliphatic rings. The molecule has 1 saturated heterocycles. The van der Waals surface area contributed by atoms with Crippen LogP contribution in [0.2, 0.25) is 0 Å². The molecule has 5 unspecified atom stereocenters. The molecule has 2 aromatic rings. The van der Waals surface area contributed by atoms with Gasteiger partial charge in [0.1, 0.15) is 30.8 Å². The molecule has 20 heteroatoms. The van der Waals surface area contributed by atoms with Gasteiger partial charge in [0.2, 0.25) is 11.8 Å². The molecule has 0 bridgehead atoms. The average molecular weight is 852 g/mol. The number of hydrogen-bond donors (Lipinski definition) is 7. The highest BCUT2D eigenvalue weighted by Gasteiger charge is 2.36. The van der Waals surface area contributed by atoms with Crippen molar-refractivity contribution in [1.82, 2.24) is 36.2 Å². The number of fused-ring (bicyclic) bond motifs is 1. The molecule has 20 nitrogen and oxygen atoms in total. The van der Waals surface area contributed by atoms with E-state index in [2.05, 4.69) is 20.8 Å². The van der Waals surface area contributed by atoms with Gasteiger partial charge < -0.3 is 30.3 Å². The minimum atomic E-state index is -1.27. The molecule has 2 heterocycles. The van der Waals surface area contributed by atoms with Crippen molar-refractivity contribution in [2.24, 2.45) is 5.41 Å². The van der Waals surface area contributed by atoms with Crippen LogP contribution >= 0.6 is 0 Å². The lowest BCUT2D eigenvalue weighted by Crippen LogP contribution is -2.60. The number of benzene rings is 1. The number of nitrogens with zero attached hydrogens (tertiary/aromatic N) is 4. The number of amides is 4. The SMILES string of the molecule is CCCC[C@@H](NC(=O)C(Cc1cn(C(=O)OC)c2ccccc12)NC(=O)C(CC(C)(C)C)NC(=O)N1C(C)CCCC1C)C(=O)OCCCCC(CON(O)O)ON(O)O. The summed E-state index contributed by atoms with van der Waals surface area (Å²) in [6.45, 7) is 11.2. The van der Waals surface area contributed by atoms with E-state index in [4.69, 9.17) is 35.1 Å². The Labute approximate surface area is 350 Å². The molecule has 0 aliphatic carbocycles. The Hall–Kier alpha value is -4.41. The lowest BCUT2D eigenvalue weighted by Gasteiger charge is -2.40. The van der Waals surface area contributed by atoms with Gasteiger partial charge in [-0.05, 0) is 82.3 Å². The average Bonchev–Trinajstić information content (AvgIpc) is 3.54. The molecular weight excluding hydrogens is 786 g/mol. The predicted octanol–water partition coefficient (Wildman–Crippen LogP) is 4.84. The first-order valence-electron chi connectivity index (χ1n) is 20.5. The topological polar surface area (TPSA) is 254 Å². The van der Waals surface area contributed by atoms with Crippen molar-refractivity contribution in [2.45, 2.75) is 148 Å². The van der Waals surface area contributed by atoms with E-state index in [0.717, 1.165) is 19.3 Å². The van der Waals surface area contributed by atoms with Crippen molar-refractivity contribution >= 4 is 40.8 Å². The van der Waals surface area contributed by atoms with Gasteiger partial charge in [-0.3, -0.25) is 35.0 Å². The number of unbranched alkanes of at least 4 members (excludes halogenated alkanes) is 2. The van der Waals surface area contributed by atoms with Crippen LogP contribution < -0.4 is 16.0 Å². The lowest BCUT2D eigenvalue weighted by molar-refractivity contribution is -0.527. The molecule has 0 spiro atoms. The number of methoxy groups -OCH3 is 1. The highest BCUT2D eigenvalue weighted by atomic mass is 17.1. The van der Waals surface area contributed by atoms with Crippen LogP contribution in [0.1, 0.15) is 111 Å². The molecule has 6 atom stereocenters. The lowest BCUT2D eigenvalue weighted by atomic mass is 9.87. The maximum atomic E-state index is 14.4. The Balaban J connectivity index is 1.87. The Kier molecular flexibility index (Phi) is 20.1. The zero-order valence-electron chi connectivity index (χ0n) is 35.8. The zero-order chi connectivity index (χ0) is 44.6. The fourth-order valence-corrected chi connectivity index (χ4v) is 7.36. The number of likely N-dealkylation sites (tertiary alicyclic amines) is 1. The van der Waals surface area contributed by atoms with Crippen LogP contribution in [0.15, 0.2) is 30.5 Å². The normalized spacial score (nSPS) is 17.9. The number of aromatic nitrogens is 1.